The average molecular weight is 276 g/mol. The van der Waals surface area contributed by atoms with Crippen LogP contribution >= 0.6 is 0 Å². The van der Waals surface area contributed by atoms with Crippen molar-refractivity contribution in [3.8, 4) is 0 Å². The van der Waals surface area contributed by atoms with Crippen molar-refractivity contribution in [3.05, 3.63) is 76.5 Å². The highest BCUT2D eigenvalue weighted by molar-refractivity contribution is 5.82. The predicted molar refractivity (Wildman–Crippen MR) is 88.4 cm³/mol. The van der Waals surface area contributed by atoms with E-state index in [4.69, 9.17) is 10.7 Å². The van der Waals surface area contributed by atoms with E-state index in [1.54, 1.807) is 0 Å². The molecule has 0 radical (unpaired) electrons. The monoisotopic (exact) mass is 276 g/mol. The maximum absolute atomic E-state index is 6.48. The molecule has 3 aromatic rings. The Morgan fingerprint density at radius 3 is 2.48 bits per heavy atom. The molecule has 1 aromatic heterocycles. The van der Waals surface area contributed by atoms with E-state index in [1.165, 1.54) is 22.1 Å². The lowest BCUT2D eigenvalue weighted by molar-refractivity contribution is 0.824. The van der Waals surface area contributed by atoms with Gasteiger partial charge < -0.3 is 5.73 Å². The van der Waals surface area contributed by atoms with E-state index in [0.29, 0.717) is 0 Å². The van der Waals surface area contributed by atoms with Gasteiger partial charge in [-0.15, -0.1) is 0 Å². The van der Waals surface area contributed by atoms with Crippen molar-refractivity contribution in [2.24, 2.45) is 5.73 Å². The summed E-state index contributed by atoms with van der Waals surface area (Å²) in [6.45, 7) is 6.35. The highest BCUT2D eigenvalue weighted by atomic mass is 14.8. The maximum Gasteiger partial charge on any atom is 0.0729 e. The van der Waals surface area contributed by atoms with Crippen LogP contribution in [-0.2, 0) is 0 Å². The second kappa shape index (κ2) is 5.30. The van der Waals surface area contributed by atoms with E-state index in [9.17, 15) is 0 Å². The van der Waals surface area contributed by atoms with Gasteiger partial charge in [0.15, 0.2) is 0 Å². The molecule has 0 spiro atoms. The summed E-state index contributed by atoms with van der Waals surface area (Å²) in [4.78, 5) is 4.76. The van der Waals surface area contributed by atoms with Gasteiger partial charge in [-0.2, -0.15) is 0 Å². The largest absolute Gasteiger partial charge is 0.319 e. The molecule has 1 atom stereocenters. The number of benzene rings is 2. The number of pyridine rings is 1. The van der Waals surface area contributed by atoms with Crippen LogP contribution in [0, 0.1) is 20.8 Å². The van der Waals surface area contributed by atoms with E-state index in [-0.39, 0.29) is 6.04 Å². The fourth-order valence-corrected chi connectivity index (χ4v) is 2.80. The fourth-order valence-electron chi connectivity index (χ4n) is 2.80. The second-order valence-corrected chi connectivity index (χ2v) is 5.65. The van der Waals surface area contributed by atoms with Crippen LogP contribution in [0.2, 0.25) is 0 Å². The molecular formula is C19H20N2. The lowest BCUT2D eigenvalue weighted by Crippen LogP contribution is -2.15. The molecule has 1 unspecified atom stereocenters. The quantitative estimate of drug-likeness (QED) is 0.761. The average Bonchev–Trinajstić information content (AvgIpc) is 2.49. The molecule has 21 heavy (non-hydrogen) atoms. The molecule has 0 aliphatic rings. The van der Waals surface area contributed by atoms with Crippen molar-refractivity contribution in [2.75, 3.05) is 0 Å². The predicted octanol–water partition coefficient (Wildman–Crippen LogP) is 4.21. The van der Waals surface area contributed by atoms with Crippen molar-refractivity contribution in [2.45, 2.75) is 26.8 Å². The molecule has 2 aromatic carbocycles. The molecule has 0 aliphatic carbocycles. The fraction of sp³-hybridized carbons (Fsp3) is 0.211. The number of rotatable bonds is 2. The summed E-state index contributed by atoms with van der Waals surface area (Å²) in [7, 11) is 0. The Labute approximate surface area is 125 Å². The lowest BCUT2D eigenvalue weighted by Gasteiger charge is -2.17. The highest BCUT2D eigenvalue weighted by Crippen LogP contribution is 2.26. The number of nitrogens with zero attached hydrogens (tertiary/aromatic N) is 1. The standard InChI is InChI=1S/C19H20N2/c1-12-7-6-9-16(14(12)3)19(20)18-11-13(2)15-8-4-5-10-17(15)21-18/h4-11,19H,20H2,1-3H3. The van der Waals surface area contributed by atoms with Gasteiger partial charge in [-0.25, -0.2) is 0 Å². The van der Waals surface area contributed by atoms with Gasteiger partial charge in [-0.05, 0) is 55.2 Å². The van der Waals surface area contributed by atoms with Crippen molar-refractivity contribution >= 4 is 10.9 Å². The van der Waals surface area contributed by atoms with E-state index in [2.05, 4.69) is 51.1 Å². The Morgan fingerprint density at radius 1 is 0.905 bits per heavy atom. The summed E-state index contributed by atoms with van der Waals surface area (Å²) in [5.74, 6) is 0. The minimum absolute atomic E-state index is 0.187. The third-order valence-electron chi connectivity index (χ3n) is 4.24. The van der Waals surface area contributed by atoms with Gasteiger partial charge in [-0.3, -0.25) is 4.98 Å². The number of aryl methyl sites for hydroxylation is 2. The van der Waals surface area contributed by atoms with Crippen LogP contribution < -0.4 is 5.73 Å². The van der Waals surface area contributed by atoms with Crippen LogP contribution in [0.3, 0.4) is 0 Å². The van der Waals surface area contributed by atoms with Crippen LogP contribution in [0.15, 0.2) is 48.5 Å². The third-order valence-corrected chi connectivity index (χ3v) is 4.24. The molecule has 2 N–H and O–H groups in total. The third kappa shape index (κ3) is 2.43. The second-order valence-electron chi connectivity index (χ2n) is 5.65. The van der Waals surface area contributed by atoms with Gasteiger partial charge in [0.2, 0.25) is 0 Å². The van der Waals surface area contributed by atoms with Crippen molar-refractivity contribution in [1.82, 2.24) is 4.98 Å². The molecule has 1 heterocycles. The Hall–Kier alpha value is -2.19. The summed E-state index contributed by atoms with van der Waals surface area (Å²) in [5.41, 5.74) is 13.3. The van der Waals surface area contributed by atoms with Crippen LogP contribution in [0.5, 0.6) is 0 Å². The molecule has 106 valence electrons. The molecule has 3 rings (SSSR count). The first-order valence-corrected chi connectivity index (χ1v) is 7.26. The Morgan fingerprint density at radius 2 is 1.67 bits per heavy atom. The number of aromatic nitrogens is 1. The first-order valence-electron chi connectivity index (χ1n) is 7.26. The zero-order valence-corrected chi connectivity index (χ0v) is 12.7. The number of hydrogen-bond acceptors (Lipinski definition) is 2. The van der Waals surface area contributed by atoms with Crippen molar-refractivity contribution < 1.29 is 0 Å². The Balaban J connectivity index is 2.13. The molecule has 0 saturated heterocycles. The minimum Gasteiger partial charge on any atom is -0.319 e. The zero-order valence-electron chi connectivity index (χ0n) is 12.7. The zero-order chi connectivity index (χ0) is 15.0. The topological polar surface area (TPSA) is 38.9 Å². The Kier molecular flexibility index (Phi) is 3.48. The maximum atomic E-state index is 6.48. The molecule has 0 aliphatic heterocycles. The molecular weight excluding hydrogens is 256 g/mol. The summed E-state index contributed by atoms with van der Waals surface area (Å²) in [6.07, 6.45) is 0. The number of nitrogens with two attached hydrogens (primary N) is 1. The highest BCUT2D eigenvalue weighted by Gasteiger charge is 2.15. The SMILES string of the molecule is Cc1cccc(C(N)c2cc(C)c3ccccc3n2)c1C. The Bertz CT molecular complexity index is 806. The van der Waals surface area contributed by atoms with E-state index in [0.717, 1.165) is 16.8 Å². The summed E-state index contributed by atoms with van der Waals surface area (Å²) >= 11 is 0. The van der Waals surface area contributed by atoms with Gasteiger partial charge in [0, 0.05) is 5.39 Å². The molecule has 0 saturated carbocycles. The van der Waals surface area contributed by atoms with Gasteiger partial charge >= 0.3 is 0 Å². The number of hydrogen-bond donors (Lipinski definition) is 1. The smallest absolute Gasteiger partial charge is 0.0729 e. The first-order chi connectivity index (χ1) is 10.1. The van der Waals surface area contributed by atoms with E-state index >= 15 is 0 Å². The summed E-state index contributed by atoms with van der Waals surface area (Å²) in [6, 6.07) is 16.4. The van der Waals surface area contributed by atoms with Crippen LogP contribution in [0.25, 0.3) is 10.9 Å². The van der Waals surface area contributed by atoms with Gasteiger partial charge in [-0.1, -0.05) is 36.4 Å². The van der Waals surface area contributed by atoms with Gasteiger partial charge in [0.1, 0.15) is 0 Å². The lowest BCUT2D eigenvalue weighted by atomic mass is 9.95. The summed E-state index contributed by atoms with van der Waals surface area (Å²) < 4.78 is 0. The molecule has 0 amide bonds. The van der Waals surface area contributed by atoms with Crippen LogP contribution in [0.1, 0.15) is 34.0 Å². The number of para-hydroxylation sites is 1. The summed E-state index contributed by atoms with van der Waals surface area (Å²) in [5, 5.41) is 1.19. The van der Waals surface area contributed by atoms with Crippen molar-refractivity contribution in [3.63, 3.8) is 0 Å². The minimum atomic E-state index is -0.187. The number of fused-ring (bicyclic) bond motifs is 1. The van der Waals surface area contributed by atoms with Crippen LogP contribution in [0.4, 0.5) is 0 Å². The molecule has 0 bridgehead atoms. The van der Waals surface area contributed by atoms with Crippen molar-refractivity contribution in [1.29, 1.82) is 0 Å². The van der Waals surface area contributed by atoms with E-state index in [1.807, 2.05) is 18.2 Å². The first kappa shape index (κ1) is 13.8. The molecule has 2 nitrogen and oxygen atoms in total. The molecule has 2 heteroatoms. The van der Waals surface area contributed by atoms with Gasteiger partial charge in [0.05, 0.1) is 17.3 Å². The molecule has 0 fully saturated rings. The van der Waals surface area contributed by atoms with Crippen LogP contribution in [-0.4, -0.2) is 4.98 Å². The van der Waals surface area contributed by atoms with Gasteiger partial charge in [0.25, 0.3) is 0 Å². The van der Waals surface area contributed by atoms with E-state index < -0.39 is 0 Å². The normalized spacial score (nSPS) is 12.6.